The van der Waals surface area contributed by atoms with Crippen molar-refractivity contribution in [2.45, 2.75) is 13.1 Å². The van der Waals surface area contributed by atoms with E-state index in [4.69, 9.17) is 4.98 Å². The SMILES string of the molecule is Cc1cccc(C2N(C)C(c3ccccc3)=C3C=Cc4cccnc4N32)c1. The Morgan fingerprint density at radius 1 is 0.889 bits per heavy atom. The number of aryl methyl sites for hydroxylation is 1. The first kappa shape index (κ1) is 15.9. The largest absolute Gasteiger partial charge is 0.348 e. The molecule has 2 aliphatic heterocycles. The summed E-state index contributed by atoms with van der Waals surface area (Å²) in [6, 6.07) is 23.5. The monoisotopic (exact) mass is 351 g/mol. The Kier molecular flexibility index (Phi) is 3.61. The fraction of sp³-hybridized carbons (Fsp3) is 0.125. The molecule has 0 fully saturated rings. The van der Waals surface area contributed by atoms with Crippen LogP contribution in [0.4, 0.5) is 5.82 Å². The van der Waals surface area contributed by atoms with Crippen molar-refractivity contribution in [3.05, 3.63) is 107 Å². The van der Waals surface area contributed by atoms with E-state index in [1.54, 1.807) is 0 Å². The van der Waals surface area contributed by atoms with E-state index in [9.17, 15) is 0 Å². The predicted molar refractivity (Wildman–Crippen MR) is 111 cm³/mol. The Morgan fingerprint density at radius 3 is 2.56 bits per heavy atom. The summed E-state index contributed by atoms with van der Waals surface area (Å²) < 4.78 is 0. The molecule has 5 rings (SSSR count). The van der Waals surface area contributed by atoms with Gasteiger partial charge in [0.25, 0.3) is 0 Å². The average Bonchev–Trinajstić information content (AvgIpc) is 3.01. The number of rotatable bonds is 2. The van der Waals surface area contributed by atoms with Crippen LogP contribution in [0.1, 0.15) is 28.4 Å². The number of nitrogens with zero attached hydrogens (tertiary/aromatic N) is 3. The quantitative estimate of drug-likeness (QED) is 0.630. The third kappa shape index (κ3) is 2.47. The highest BCUT2D eigenvalue weighted by molar-refractivity contribution is 5.85. The zero-order chi connectivity index (χ0) is 18.4. The third-order valence-electron chi connectivity index (χ3n) is 5.32. The number of fused-ring (bicyclic) bond motifs is 3. The molecule has 2 aliphatic rings. The topological polar surface area (TPSA) is 19.4 Å². The molecule has 1 atom stereocenters. The van der Waals surface area contributed by atoms with Crippen molar-refractivity contribution < 1.29 is 0 Å². The van der Waals surface area contributed by atoms with Crippen LogP contribution in [0.3, 0.4) is 0 Å². The van der Waals surface area contributed by atoms with Crippen LogP contribution in [0, 0.1) is 6.92 Å². The molecule has 3 aromatic rings. The van der Waals surface area contributed by atoms with Gasteiger partial charge in [-0.15, -0.1) is 0 Å². The molecule has 132 valence electrons. The lowest BCUT2D eigenvalue weighted by Gasteiger charge is -2.34. The predicted octanol–water partition coefficient (Wildman–Crippen LogP) is 5.24. The number of hydrogen-bond acceptors (Lipinski definition) is 3. The van der Waals surface area contributed by atoms with E-state index in [0.29, 0.717) is 0 Å². The minimum atomic E-state index is 0.0775. The molecule has 1 unspecified atom stereocenters. The molecule has 0 aliphatic carbocycles. The summed E-state index contributed by atoms with van der Waals surface area (Å²) in [6.45, 7) is 2.15. The molecule has 0 bridgehead atoms. The molecule has 2 aromatic carbocycles. The fourth-order valence-electron chi connectivity index (χ4n) is 4.17. The Bertz CT molecular complexity index is 1070. The van der Waals surface area contributed by atoms with Gasteiger partial charge in [-0.25, -0.2) is 4.98 Å². The normalized spacial score (nSPS) is 17.9. The van der Waals surface area contributed by atoms with Gasteiger partial charge in [0.1, 0.15) is 12.0 Å². The molecule has 3 nitrogen and oxygen atoms in total. The van der Waals surface area contributed by atoms with Crippen LogP contribution in [0.5, 0.6) is 0 Å². The van der Waals surface area contributed by atoms with E-state index >= 15 is 0 Å². The van der Waals surface area contributed by atoms with Gasteiger partial charge in [-0.05, 0) is 42.3 Å². The second-order valence-corrected chi connectivity index (χ2v) is 7.12. The van der Waals surface area contributed by atoms with Gasteiger partial charge in [0.05, 0.1) is 11.4 Å². The van der Waals surface area contributed by atoms with Crippen molar-refractivity contribution in [1.82, 2.24) is 9.88 Å². The van der Waals surface area contributed by atoms with E-state index in [1.165, 1.54) is 28.1 Å². The third-order valence-corrected chi connectivity index (χ3v) is 5.32. The summed E-state index contributed by atoms with van der Waals surface area (Å²) in [7, 11) is 2.18. The molecule has 0 saturated heterocycles. The summed E-state index contributed by atoms with van der Waals surface area (Å²) >= 11 is 0. The van der Waals surface area contributed by atoms with Crippen molar-refractivity contribution in [3.63, 3.8) is 0 Å². The minimum absolute atomic E-state index is 0.0775. The molecule has 0 spiro atoms. The number of benzene rings is 2. The van der Waals surface area contributed by atoms with Crippen LogP contribution in [-0.2, 0) is 0 Å². The smallest absolute Gasteiger partial charge is 0.142 e. The number of anilines is 1. The highest BCUT2D eigenvalue weighted by Gasteiger charge is 2.40. The summed E-state index contributed by atoms with van der Waals surface area (Å²) in [5.74, 6) is 1.01. The van der Waals surface area contributed by atoms with Crippen molar-refractivity contribution in [3.8, 4) is 0 Å². The summed E-state index contributed by atoms with van der Waals surface area (Å²) in [6.07, 6.45) is 6.35. The van der Waals surface area contributed by atoms with E-state index in [2.05, 4.69) is 96.6 Å². The first-order valence-electron chi connectivity index (χ1n) is 9.25. The van der Waals surface area contributed by atoms with Crippen molar-refractivity contribution in [1.29, 1.82) is 0 Å². The minimum Gasteiger partial charge on any atom is -0.348 e. The molecular weight excluding hydrogens is 330 g/mol. The molecule has 0 N–H and O–H groups in total. The maximum Gasteiger partial charge on any atom is 0.142 e. The maximum atomic E-state index is 4.74. The summed E-state index contributed by atoms with van der Waals surface area (Å²) in [4.78, 5) is 9.47. The average molecular weight is 351 g/mol. The first-order valence-corrected chi connectivity index (χ1v) is 9.25. The van der Waals surface area contributed by atoms with Gasteiger partial charge >= 0.3 is 0 Å². The molecule has 27 heavy (non-hydrogen) atoms. The molecule has 0 amide bonds. The van der Waals surface area contributed by atoms with Gasteiger partial charge in [-0.1, -0.05) is 60.2 Å². The van der Waals surface area contributed by atoms with Crippen LogP contribution in [-0.4, -0.2) is 16.9 Å². The van der Waals surface area contributed by atoms with E-state index in [1.807, 2.05) is 12.3 Å². The standard InChI is InChI=1S/C24H21N3/c1-17-8-6-11-20(16-17)24-26(2)22(18-9-4-3-5-10-18)21-14-13-19-12-7-15-25-23(19)27(21)24/h3-16,24H,1-2H3. The second kappa shape index (κ2) is 6.13. The molecule has 3 heterocycles. The van der Waals surface area contributed by atoms with Gasteiger partial charge in [0.2, 0.25) is 0 Å². The van der Waals surface area contributed by atoms with Gasteiger partial charge < -0.3 is 4.90 Å². The van der Waals surface area contributed by atoms with Gasteiger partial charge in [0.15, 0.2) is 0 Å². The summed E-state index contributed by atoms with van der Waals surface area (Å²) in [5.41, 5.74) is 7.34. The highest BCUT2D eigenvalue weighted by Crippen LogP contribution is 2.48. The first-order chi connectivity index (χ1) is 13.2. The second-order valence-electron chi connectivity index (χ2n) is 7.12. The van der Waals surface area contributed by atoms with E-state index in [0.717, 1.165) is 11.4 Å². The van der Waals surface area contributed by atoms with Crippen molar-refractivity contribution >= 4 is 17.6 Å². The lowest BCUT2D eigenvalue weighted by Crippen LogP contribution is -2.32. The van der Waals surface area contributed by atoms with Gasteiger partial charge in [-0.3, -0.25) is 4.90 Å². The van der Waals surface area contributed by atoms with Gasteiger partial charge in [-0.2, -0.15) is 0 Å². The number of allylic oxidation sites excluding steroid dienone is 1. The Hall–Kier alpha value is -3.33. The van der Waals surface area contributed by atoms with E-state index in [-0.39, 0.29) is 6.17 Å². The Balaban J connectivity index is 1.75. The van der Waals surface area contributed by atoms with Crippen LogP contribution < -0.4 is 4.90 Å². The van der Waals surface area contributed by atoms with Crippen LogP contribution >= 0.6 is 0 Å². The van der Waals surface area contributed by atoms with Crippen molar-refractivity contribution in [2.24, 2.45) is 0 Å². The highest BCUT2D eigenvalue weighted by atomic mass is 15.4. The Labute approximate surface area is 159 Å². The van der Waals surface area contributed by atoms with Crippen molar-refractivity contribution in [2.75, 3.05) is 11.9 Å². The number of aromatic nitrogens is 1. The molecule has 1 aromatic heterocycles. The van der Waals surface area contributed by atoms with Crippen LogP contribution in [0.15, 0.2) is 84.7 Å². The fourth-order valence-corrected chi connectivity index (χ4v) is 4.17. The zero-order valence-corrected chi connectivity index (χ0v) is 15.5. The van der Waals surface area contributed by atoms with Crippen LogP contribution in [0.2, 0.25) is 0 Å². The molecular formula is C24H21N3. The summed E-state index contributed by atoms with van der Waals surface area (Å²) in [5, 5.41) is 0. The number of hydrogen-bond donors (Lipinski definition) is 0. The van der Waals surface area contributed by atoms with E-state index < -0.39 is 0 Å². The Morgan fingerprint density at radius 2 is 1.74 bits per heavy atom. The molecule has 3 heteroatoms. The van der Waals surface area contributed by atoms with Crippen LogP contribution in [0.25, 0.3) is 11.8 Å². The molecule has 0 radical (unpaired) electrons. The number of pyridine rings is 1. The lowest BCUT2D eigenvalue weighted by atomic mass is 10.1. The maximum absolute atomic E-state index is 4.74. The lowest BCUT2D eigenvalue weighted by molar-refractivity contribution is 0.382. The zero-order valence-electron chi connectivity index (χ0n) is 15.5. The van der Waals surface area contributed by atoms with Gasteiger partial charge in [0, 0.05) is 18.8 Å². The molecule has 0 saturated carbocycles.